The third-order valence-electron chi connectivity index (χ3n) is 2.70. The Morgan fingerprint density at radius 2 is 2.12 bits per heavy atom. The zero-order chi connectivity index (χ0) is 11.4. The number of rotatable bonds is 2. The molecule has 1 aromatic carbocycles. The molecule has 3 nitrogen and oxygen atoms in total. The van der Waals surface area contributed by atoms with Gasteiger partial charge in [-0.05, 0) is 18.5 Å². The quantitative estimate of drug-likeness (QED) is 0.799. The summed E-state index contributed by atoms with van der Waals surface area (Å²) >= 11 is 0. The van der Waals surface area contributed by atoms with Crippen molar-refractivity contribution in [2.45, 2.75) is 24.9 Å². The highest BCUT2D eigenvalue weighted by molar-refractivity contribution is 5.18. The summed E-state index contributed by atoms with van der Waals surface area (Å²) < 4.78 is 19.5. The number of alkyl halides is 1. The molecule has 1 aliphatic heterocycles. The van der Waals surface area contributed by atoms with Crippen molar-refractivity contribution in [2.75, 3.05) is 13.2 Å². The van der Waals surface area contributed by atoms with Crippen LogP contribution >= 0.6 is 0 Å². The van der Waals surface area contributed by atoms with Gasteiger partial charge in [-0.25, -0.2) is 4.39 Å². The largest absolute Gasteiger partial charge is 0.376 e. The van der Waals surface area contributed by atoms with Crippen LogP contribution in [-0.4, -0.2) is 30.6 Å². The van der Waals surface area contributed by atoms with Crippen molar-refractivity contribution in [1.82, 2.24) is 5.32 Å². The summed E-state index contributed by atoms with van der Waals surface area (Å²) in [4.78, 5) is 0. The van der Waals surface area contributed by atoms with E-state index < -0.39 is 18.5 Å². The normalized spacial score (nSPS) is 28.4. The van der Waals surface area contributed by atoms with E-state index in [4.69, 9.17) is 4.74 Å². The van der Waals surface area contributed by atoms with Crippen molar-refractivity contribution < 1.29 is 14.2 Å². The summed E-state index contributed by atoms with van der Waals surface area (Å²) in [5.41, 5.74) is 0.537. The van der Waals surface area contributed by atoms with E-state index in [9.17, 15) is 9.50 Å². The minimum atomic E-state index is -1.30. The molecule has 3 atom stereocenters. The topological polar surface area (TPSA) is 41.5 Å². The SMILES string of the molecule is OC1NCCCOC1C(F)c1ccccc1. The number of ether oxygens (including phenoxy) is 1. The average molecular weight is 225 g/mol. The van der Waals surface area contributed by atoms with Gasteiger partial charge in [0.1, 0.15) is 12.3 Å². The third-order valence-corrected chi connectivity index (χ3v) is 2.70. The molecule has 1 saturated heterocycles. The fourth-order valence-corrected chi connectivity index (χ4v) is 1.82. The van der Waals surface area contributed by atoms with E-state index in [-0.39, 0.29) is 0 Å². The minimum absolute atomic E-state index is 0.474. The Balaban J connectivity index is 2.10. The minimum Gasteiger partial charge on any atom is -0.376 e. The standard InChI is InChI=1S/C12H16FNO2/c13-10(9-5-2-1-3-6-9)11-12(15)14-7-4-8-16-11/h1-3,5-6,10-12,14-15H,4,7-8H2. The van der Waals surface area contributed by atoms with Gasteiger partial charge in [0.15, 0.2) is 6.17 Å². The van der Waals surface area contributed by atoms with Crippen LogP contribution < -0.4 is 5.32 Å². The number of halogens is 1. The van der Waals surface area contributed by atoms with E-state index >= 15 is 0 Å². The molecule has 3 unspecified atom stereocenters. The van der Waals surface area contributed by atoms with Crippen LogP contribution in [0.25, 0.3) is 0 Å². The zero-order valence-corrected chi connectivity index (χ0v) is 8.97. The molecule has 0 saturated carbocycles. The van der Waals surface area contributed by atoms with Gasteiger partial charge in [0, 0.05) is 6.61 Å². The summed E-state index contributed by atoms with van der Waals surface area (Å²) in [5.74, 6) is 0. The first-order valence-electron chi connectivity index (χ1n) is 5.51. The van der Waals surface area contributed by atoms with Gasteiger partial charge < -0.3 is 9.84 Å². The van der Waals surface area contributed by atoms with Gasteiger partial charge in [0.05, 0.1) is 0 Å². The first-order chi connectivity index (χ1) is 7.79. The lowest BCUT2D eigenvalue weighted by atomic mass is 10.0. The fourth-order valence-electron chi connectivity index (χ4n) is 1.82. The molecule has 4 heteroatoms. The average Bonchev–Trinajstić information content (AvgIpc) is 2.54. The van der Waals surface area contributed by atoms with Crippen LogP contribution in [0.5, 0.6) is 0 Å². The highest BCUT2D eigenvalue weighted by atomic mass is 19.1. The van der Waals surface area contributed by atoms with Gasteiger partial charge in [-0.3, -0.25) is 5.32 Å². The molecule has 16 heavy (non-hydrogen) atoms. The predicted molar refractivity (Wildman–Crippen MR) is 58.7 cm³/mol. The lowest BCUT2D eigenvalue weighted by Gasteiger charge is -2.24. The molecule has 1 fully saturated rings. The lowest BCUT2D eigenvalue weighted by Crippen LogP contribution is -2.41. The van der Waals surface area contributed by atoms with Crippen LogP contribution in [0.3, 0.4) is 0 Å². The number of aliphatic hydroxyl groups is 1. The highest BCUT2D eigenvalue weighted by Gasteiger charge is 2.31. The Morgan fingerprint density at radius 1 is 1.38 bits per heavy atom. The molecule has 1 aromatic rings. The van der Waals surface area contributed by atoms with Gasteiger partial charge in [-0.2, -0.15) is 0 Å². The number of benzene rings is 1. The zero-order valence-electron chi connectivity index (χ0n) is 8.97. The van der Waals surface area contributed by atoms with E-state index in [2.05, 4.69) is 5.32 Å². The van der Waals surface area contributed by atoms with Gasteiger partial charge in [-0.1, -0.05) is 30.3 Å². The second kappa shape index (κ2) is 5.39. The first kappa shape index (κ1) is 11.5. The first-order valence-corrected chi connectivity index (χ1v) is 5.51. The van der Waals surface area contributed by atoms with E-state index in [1.165, 1.54) is 0 Å². The molecular weight excluding hydrogens is 209 g/mol. The Kier molecular flexibility index (Phi) is 3.88. The van der Waals surface area contributed by atoms with Crippen LogP contribution in [0.1, 0.15) is 18.2 Å². The highest BCUT2D eigenvalue weighted by Crippen LogP contribution is 2.26. The maximum absolute atomic E-state index is 14.1. The molecule has 2 N–H and O–H groups in total. The molecular formula is C12H16FNO2. The second-order valence-electron chi connectivity index (χ2n) is 3.90. The Bertz CT molecular complexity index is 320. The van der Waals surface area contributed by atoms with Gasteiger partial charge in [-0.15, -0.1) is 0 Å². The molecule has 0 aromatic heterocycles. The molecule has 1 heterocycles. The molecule has 0 amide bonds. The van der Waals surface area contributed by atoms with Crippen molar-refractivity contribution in [3.8, 4) is 0 Å². The van der Waals surface area contributed by atoms with E-state index in [1.807, 2.05) is 6.07 Å². The van der Waals surface area contributed by atoms with Gasteiger partial charge in [0.25, 0.3) is 0 Å². The van der Waals surface area contributed by atoms with Crippen LogP contribution in [0.4, 0.5) is 4.39 Å². The molecule has 0 aliphatic carbocycles. The molecule has 1 aliphatic rings. The summed E-state index contributed by atoms with van der Waals surface area (Å²) in [7, 11) is 0. The van der Waals surface area contributed by atoms with Crippen molar-refractivity contribution in [3.05, 3.63) is 35.9 Å². The third kappa shape index (κ3) is 2.58. The van der Waals surface area contributed by atoms with Crippen molar-refractivity contribution in [1.29, 1.82) is 0 Å². The van der Waals surface area contributed by atoms with E-state index in [0.717, 1.165) is 6.42 Å². The monoisotopic (exact) mass is 225 g/mol. The van der Waals surface area contributed by atoms with Gasteiger partial charge in [0.2, 0.25) is 0 Å². The summed E-state index contributed by atoms with van der Waals surface area (Å²) in [5, 5.41) is 12.5. The predicted octanol–water partition coefficient (Wildman–Crippen LogP) is 1.39. The Labute approximate surface area is 94.2 Å². The number of hydrogen-bond donors (Lipinski definition) is 2. The maximum Gasteiger partial charge on any atom is 0.155 e. The summed E-state index contributed by atoms with van der Waals surface area (Å²) in [6.45, 7) is 1.13. The van der Waals surface area contributed by atoms with Crippen LogP contribution in [0.15, 0.2) is 30.3 Å². The molecule has 0 radical (unpaired) electrons. The van der Waals surface area contributed by atoms with E-state index in [1.54, 1.807) is 24.3 Å². The number of nitrogens with one attached hydrogen (secondary N) is 1. The fraction of sp³-hybridized carbons (Fsp3) is 0.500. The van der Waals surface area contributed by atoms with Crippen molar-refractivity contribution in [2.24, 2.45) is 0 Å². The Hall–Kier alpha value is -0.970. The van der Waals surface area contributed by atoms with Crippen LogP contribution in [0.2, 0.25) is 0 Å². The van der Waals surface area contributed by atoms with E-state index in [0.29, 0.717) is 18.7 Å². The number of hydrogen-bond acceptors (Lipinski definition) is 3. The van der Waals surface area contributed by atoms with Crippen molar-refractivity contribution >= 4 is 0 Å². The summed E-state index contributed by atoms with van der Waals surface area (Å²) in [6.07, 6.45) is -2.29. The molecule has 88 valence electrons. The van der Waals surface area contributed by atoms with Crippen LogP contribution in [0, 0.1) is 0 Å². The molecule has 2 rings (SSSR count). The Morgan fingerprint density at radius 3 is 2.88 bits per heavy atom. The number of aliphatic hydroxyl groups excluding tert-OH is 1. The van der Waals surface area contributed by atoms with Gasteiger partial charge >= 0.3 is 0 Å². The van der Waals surface area contributed by atoms with Crippen LogP contribution in [-0.2, 0) is 4.74 Å². The lowest BCUT2D eigenvalue weighted by molar-refractivity contribution is -0.0756. The molecule has 0 bridgehead atoms. The molecule has 0 spiro atoms. The smallest absolute Gasteiger partial charge is 0.155 e. The summed E-state index contributed by atoms with van der Waals surface area (Å²) in [6, 6.07) is 8.78. The second-order valence-corrected chi connectivity index (χ2v) is 3.90. The van der Waals surface area contributed by atoms with Crippen molar-refractivity contribution in [3.63, 3.8) is 0 Å². The maximum atomic E-state index is 14.1.